The molecule has 1 aliphatic heterocycles. The number of carbonyl (C=O) groups is 1. The van der Waals surface area contributed by atoms with Crippen LogP contribution < -0.4 is 0 Å². The summed E-state index contributed by atoms with van der Waals surface area (Å²) >= 11 is 0. The molecular formula is C32H41NO3S2. The molecule has 3 saturated carbocycles. The lowest BCUT2D eigenvalue weighted by molar-refractivity contribution is -0.157. The fourth-order valence-corrected chi connectivity index (χ4v) is 12.0. The summed E-state index contributed by atoms with van der Waals surface area (Å²) in [6.45, 7) is 4.86. The van der Waals surface area contributed by atoms with Gasteiger partial charge in [0.2, 0.25) is 5.91 Å². The third kappa shape index (κ3) is 3.68. The first-order valence-corrected chi connectivity index (χ1v) is 17.4. The molecule has 9 atom stereocenters. The molecule has 4 nitrogen and oxygen atoms in total. The molecule has 1 heterocycles. The van der Waals surface area contributed by atoms with E-state index >= 15 is 0 Å². The Bertz CT molecular complexity index is 1230. The van der Waals surface area contributed by atoms with Crippen LogP contribution >= 0.6 is 0 Å². The topological polar surface area (TPSA) is 54.5 Å². The van der Waals surface area contributed by atoms with Gasteiger partial charge in [-0.3, -0.25) is 13.3 Å². The van der Waals surface area contributed by atoms with E-state index in [9.17, 15) is 13.2 Å². The molecule has 38 heavy (non-hydrogen) atoms. The molecule has 0 bridgehead atoms. The fraction of sp³-hybridized carbons (Fsp3) is 0.594. The van der Waals surface area contributed by atoms with Gasteiger partial charge in [0, 0.05) is 28.6 Å². The van der Waals surface area contributed by atoms with Crippen molar-refractivity contribution in [3.63, 3.8) is 0 Å². The molecule has 0 N–H and O–H groups in total. The average Bonchev–Trinajstić information content (AvgIpc) is 3.31. The number of hydrogen-bond donors (Lipinski definition) is 0. The van der Waals surface area contributed by atoms with Crippen LogP contribution in [0.1, 0.15) is 69.9 Å². The van der Waals surface area contributed by atoms with Crippen molar-refractivity contribution in [2.24, 2.45) is 28.6 Å². The van der Waals surface area contributed by atoms with Gasteiger partial charge in [0.05, 0.1) is 6.04 Å². The summed E-state index contributed by atoms with van der Waals surface area (Å²) in [6, 6.07) is 20.2. The number of carbonyl (C=O) groups excluding carboxylic acids is 1. The maximum Gasteiger partial charge on any atom is 0.249 e. The Morgan fingerprint density at radius 2 is 1.45 bits per heavy atom. The zero-order valence-corrected chi connectivity index (χ0v) is 24.7. The van der Waals surface area contributed by atoms with Crippen LogP contribution in [0.2, 0.25) is 0 Å². The Balaban J connectivity index is 1.58. The van der Waals surface area contributed by atoms with Crippen molar-refractivity contribution in [2.75, 3.05) is 12.5 Å². The minimum Gasteiger partial charge on any atom is -0.272 e. The van der Waals surface area contributed by atoms with Crippen molar-refractivity contribution in [1.29, 1.82) is 0 Å². The lowest BCUT2D eigenvalue weighted by Crippen LogP contribution is -2.70. The summed E-state index contributed by atoms with van der Waals surface area (Å²) in [5.41, 5.74) is 1.14. The van der Waals surface area contributed by atoms with Crippen molar-refractivity contribution >= 4 is 27.7 Å². The zero-order valence-electron chi connectivity index (χ0n) is 23.1. The van der Waals surface area contributed by atoms with E-state index in [0.29, 0.717) is 36.0 Å². The van der Waals surface area contributed by atoms with Crippen LogP contribution in [0.5, 0.6) is 0 Å². The van der Waals surface area contributed by atoms with Gasteiger partial charge >= 0.3 is 0 Å². The molecule has 6 heteroatoms. The number of hydrogen-bond acceptors (Lipinski definition) is 3. The maximum atomic E-state index is 14.8. The monoisotopic (exact) mass is 551 g/mol. The van der Waals surface area contributed by atoms with Gasteiger partial charge in [0.25, 0.3) is 0 Å². The molecule has 204 valence electrons. The number of piperidine rings is 1. The van der Waals surface area contributed by atoms with E-state index < -0.39 is 27.2 Å². The van der Waals surface area contributed by atoms with Gasteiger partial charge in [0.1, 0.15) is 16.4 Å². The summed E-state index contributed by atoms with van der Waals surface area (Å²) in [5.74, 6) is 1.23. The summed E-state index contributed by atoms with van der Waals surface area (Å²) in [5, 5.41) is 0.0422. The Kier molecular flexibility index (Phi) is 6.54. The number of amides is 1. The van der Waals surface area contributed by atoms with E-state index in [2.05, 4.69) is 38.1 Å². The molecular weight excluding hydrogens is 510 g/mol. The fourth-order valence-electron chi connectivity index (χ4n) is 9.67. The predicted molar refractivity (Wildman–Crippen MR) is 155 cm³/mol. The Labute approximate surface area is 233 Å². The molecule has 0 spiro atoms. The Morgan fingerprint density at radius 3 is 2.00 bits per heavy atom. The average molecular weight is 552 g/mol. The smallest absolute Gasteiger partial charge is 0.249 e. The summed E-state index contributed by atoms with van der Waals surface area (Å²) in [7, 11) is -2.49. The first-order valence-electron chi connectivity index (χ1n) is 14.2. The van der Waals surface area contributed by atoms with Crippen molar-refractivity contribution in [3.05, 3.63) is 71.8 Å². The van der Waals surface area contributed by atoms with Crippen molar-refractivity contribution < 1.29 is 13.2 Å². The van der Waals surface area contributed by atoms with Crippen LogP contribution in [0.3, 0.4) is 0 Å². The summed E-state index contributed by atoms with van der Waals surface area (Å²) in [6.07, 6.45) is 10.9. The molecule has 4 fully saturated rings. The van der Waals surface area contributed by atoms with Gasteiger partial charge in [-0.15, -0.1) is 0 Å². The third-order valence-corrected chi connectivity index (χ3v) is 13.7. The largest absolute Gasteiger partial charge is 0.272 e. The van der Waals surface area contributed by atoms with E-state index in [1.807, 2.05) is 42.7 Å². The highest BCUT2D eigenvalue weighted by Crippen LogP contribution is 2.67. The van der Waals surface area contributed by atoms with Crippen LogP contribution in [-0.2, 0) is 32.0 Å². The normalized spacial score (nSPS) is 39.5. The van der Waals surface area contributed by atoms with Crippen LogP contribution in [0.25, 0.3) is 0 Å². The third-order valence-electron chi connectivity index (χ3n) is 11.3. The van der Waals surface area contributed by atoms with E-state index in [-0.39, 0.29) is 22.6 Å². The first kappa shape index (κ1) is 26.4. The molecule has 1 saturated heterocycles. The van der Waals surface area contributed by atoms with Crippen molar-refractivity contribution in [3.8, 4) is 0 Å². The molecule has 3 aliphatic carbocycles. The Hall–Kier alpha value is -1.79. The van der Waals surface area contributed by atoms with Gasteiger partial charge in [-0.1, -0.05) is 80.9 Å². The highest BCUT2D eigenvalue weighted by Gasteiger charge is 2.68. The maximum absolute atomic E-state index is 14.8. The highest BCUT2D eigenvalue weighted by molar-refractivity contribution is 7.85. The van der Waals surface area contributed by atoms with Gasteiger partial charge in [-0.05, 0) is 78.2 Å². The minimum absolute atomic E-state index is 0.0422. The van der Waals surface area contributed by atoms with Crippen molar-refractivity contribution in [2.45, 2.75) is 75.5 Å². The second-order valence-corrected chi connectivity index (χ2v) is 15.9. The molecule has 6 rings (SSSR count). The van der Waals surface area contributed by atoms with E-state index in [1.165, 1.54) is 25.7 Å². The standard InChI is InChI=1S/C32H41NO3S2/c1-30-18-11-16-24(30)28-25(17-19-30)31(2)21-32(22-12-7-5-8-13-22,23-14-9-6-10-15-23)29(34)33(38(4)36)27(31)20-26(28)37(3)35/h5-10,12-15,24-28H,11,16-21H2,1-4H3/t24-,25+,26?,27?,28-,30-,31+,37?,38?/m0/s1. The van der Waals surface area contributed by atoms with Gasteiger partial charge in [-0.2, -0.15) is 0 Å². The predicted octanol–water partition coefficient (Wildman–Crippen LogP) is 5.86. The number of benzene rings is 2. The molecule has 2 aromatic carbocycles. The molecule has 2 aromatic rings. The molecule has 1 amide bonds. The van der Waals surface area contributed by atoms with Crippen LogP contribution in [0.15, 0.2) is 60.7 Å². The minimum atomic E-state index is -1.49. The van der Waals surface area contributed by atoms with Crippen LogP contribution in [0, 0.1) is 28.6 Å². The second-order valence-electron chi connectivity index (χ2n) is 13.0. The quantitative estimate of drug-likeness (QED) is 0.479. The van der Waals surface area contributed by atoms with Gasteiger partial charge in [0.15, 0.2) is 0 Å². The number of nitrogens with zero attached hydrogens (tertiary/aromatic N) is 1. The lowest BCUT2D eigenvalue weighted by atomic mass is 9.45. The lowest BCUT2D eigenvalue weighted by Gasteiger charge is -2.65. The van der Waals surface area contributed by atoms with Crippen LogP contribution in [0.4, 0.5) is 0 Å². The highest BCUT2D eigenvalue weighted by atomic mass is 32.2. The zero-order chi connectivity index (χ0) is 26.9. The van der Waals surface area contributed by atoms with Gasteiger partial charge in [-0.25, -0.2) is 4.21 Å². The van der Waals surface area contributed by atoms with E-state index in [1.54, 1.807) is 10.6 Å². The van der Waals surface area contributed by atoms with Gasteiger partial charge < -0.3 is 0 Å². The van der Waals surface area contributed by atoms with Crippen molar-refractivity contribution in [1.82, 2.24) is 4.31 Å². The van der Waals surface area contributed by atoms with E-state index in [4.69, 9.17) is 0 Å². The SMILES string of the molecule is CS(=O)C1CC2N(S(C)=O)C(=O)C(c3ccccc3)(c3ccccc3)C[C@]2(C)[C@@H]2CC[C@]3(C)CCC[C@H]3[C@H]12. The molecule has 0 aromatic heterocycles. The summed E-state index contributed by atoms with van der Waals surface area (Å²) < 4.78 is 28.7. The number of rotatable bonds is 4. The molecule has 4 unspecified atom stereocenters. The van der Waals surface area contributed by atoms with Crippen LogP contribution in [-0.4, -0.2) is 42.4 Å². The Morgan fingerprint density at radius 1 is 0.842 bits per heavy atom. The summed E-state index contributed by atoms with van der Waals surface area (Å²) in [4.78, 5) is 14.8. The van der Waals surface area contributed by atoms with E-state index in [0.717, 1.165) is 17.5 Å². The molecule has 4 aliphatic rings. The second kappa shape index (κ2) is 9.40. The first-order chi connectivity index (χ1) is 18.1. The molecule has 0 radical (unpaired) electrons. The number of fused-ring (bicyclic) bond motifs is 5.